The van der Waals surface area contributed by atoms with Crippen molar-refractivity contribution in [2.45, 2.75) is 6.42 Å². The topological polar surface area (TPSA) is 75.6 Å². The van der Waals surface area contributed by atoms with Crippen molar-refractivity contribution in [1.29, 1.82) is 0 Å². The molecule has 2 bridgehead atoms. The van der Waals surface area contributed by atoms with Crippen molar-refractivity contribution in [3.05, 3.63) is 36.4 Å². The Labute approximate surface area is 122 Å². The molecule has 1 saturated carbocycles. The minimum Gasteiger partial charge on any atom is -0.497 e. The summed E-state index contributed by atoms with van der Waals surface area (Å²) in [6.45, 7) is 0. The maximum absolute atomic E-state index is 12.5. The Kier molecular flexibility index (Phi) is 3.41. The smallest absolute Gasteiger partial charge is 0.307 e. The minimum absolute atomic E-state index is 0.0199. The van der Waals surface area contributed by atoms with Gasteiger partial charge in [0.15, 0.2) is 0 Å². The number of carbonyl (C=O) groups excluding carboxylic acids is 1. The number of rotatable bonds is 4. The van der Waals surface area contributed by atoms with Gasteiger partial charge in [0.1, 0.15) is 5.75 Å². The molecule has 0 aromatic heterocycles. The molecule has 4 atom stereocenters. The standard InChI is InChI=1S/C16H17NO4/c1-21-12-4-2-3-11(8-12)17-15(18)13-9-5-6-10(7-9)14(13)16(19)20/h2-6,8-10,13-14H,7H2,1H3,(H,17,18)(H,19,20)/t9-,10+,13+,14+/m1/s1. The van der Waals surface area contributed by atoms with Gasteiger partial charge in [0, 0.05) is 11.8 Å². The molecule has 2 aliphatic carbocycles. The first kappa shape index (κ1) is 13.7. The van der Waals surface area contributed by atoms with E-state index in [0.717, 1.165) is 6.42 Å². The molecule has 110 valence electrons. The van der Waals surface area contributed by atoms with E-state index in [1.165, 1.54) is 0 Å². The van der Waals surface area contributed by atoms with Gasteiger partial charge in [0.05, 0.1) is 18.9 Å². The van der Waals surface area contributed by atoms with E-state index in [1.807, 2.05) is 12.2 Å². The maximum Gasteiger partial charge on any atom is 0.307 e. The van der Waals surface area contributed by atoms with E-state index in [2.05, 4.69) is 5.32 Å². The molecule has 0 aliphatic heterocycles. The predicted octanol–water partition coefficient (Wildman–Crippen LogP) is 2.16. The third kappa shape index (κ3) is 2.39. The fraction of sp³-hybridized carbons (Fsp3) is 0.375. The molecular weight excluding hydrogens is 270 g/mol. The van der Waals surface area contributed by atoms with Crippen LogP contribution in [0.5, 0.6) is 5.75 Å². The van der Waals surface area contributed by atoms with Crippen molar-refractivity contribution in [3.8, 4) is 5.75 Å². The van der Waals surface area contributed by atoms with Crippen LogP contribution in [0.3, 0.4) is 0 Å². The highest BCUT2D eigenvalue weighted by Gasteiger charge is 2.51. The summed E-state index contributed by atoms with van der Waals surface area (Å²) >= 11 is 0. The number of fused-ring (bicyclic) bond motifs is 2. The molecule has 0 spiro atoms. The van der Waals surface area contributed by atoms with Crippen molar-refractivity contribution in [3.63, 3.8) is 0 Å². The Morgan fingerprint density at radius 2 is 1.95 bits per heavy atom. The first-order chi connectivity index (χ1) is 10.1. The molecule has 0 unspecified atom stereocenters. The number of allylic oxidation sites excluding steroid dienone is 2. The number of anilines is 1. The van der Waals surface area contributed by atoms with Gasteiger partial charge in [-0.25, -0.2) is 0 Å². The van der Waals surface area contributed by atoms with Crippen LogP contribution in [0.15, 0.2) is 36.4 Å². The van der Waals surface area contributed by atoms with Gasteiger partial charge in [0.2, 0.25) is 5.91 Å². The van der Waals surface area contributed by atoms with Crippen LogP contribution < -0.4 is 10.1 Å². The van der Waals surface area contributed by atoms with Crippen LogP contribution in [0.2, 0.25) is 0 Å². The van der Waals surface area contributed by atoms with Gasteiger partial charge < -0.3 is 15.2 Å². The Morgan fingerprint density at radius 3 is 2.62 bits per heavy atom. The van der Waals surface area contributed by atoms with Gasteiger partial charge in [-0.1, -0.05) is 18.2 Å². The molecule has 0 heterocycles. The van der Waals surface area contributed by atoms with E-state index in [1.54, 1.807) is 31.4 Å². The van der Waals surface area contributed by atoms with E-state index >= 15 is 0 Å². The lowest BCUT2D eigenvalue weighted by Gasteiger charge is -2.23. The van der Waals surface area contributed by atoms with Gasteiger partial charge in [-0.15, -0.1) is 0 Å². The molecule has 1 aromatic rings. The van der Waals surface area contributed by atoms with Gasteiger partial charge >= 0.3 is 5.97 Å². The van der Waals surface area contributed by atoms with Crippen LogP contribution in [0.1, 0.15) is 6.42 Å². The van der Waals surface area contributed by atoms with E-state index in [9.17, 15) is 14.7 Å². The summed E-state index contributed by atoms with van der Waals surface area (Å²) in [6.07, 6.45) is 4.66. The number of aliphatic carboxylic acids is 1. The average Bonchev–Trinajstić information content (AvgIpc) is 3.07. The summed E-state index contributed by atoms with van der Waals surface area (Å²) in [6, 6.07) is 7.05. The number of carboxylic acids is 1. The second-order valence-corrected chi connectivity index (χ2v) is 5.56. The molecule has 2 aliphatic rings. The van der Waals surface area contributed by atoms with E-state index in [0.29, 0.717) is 11.4 Å². The largest absolute Gasteiger partial charge is 0.497 e. The fourth-order valence-corrected chi connectivity index (χ4v) is 3.44. The van der Waals surface area contributed by atoms with Crippen LogP contribution in [-0.4, -0.2) is 24.1 Å². The van der Waals surface area contributed by atoms with Crippen LogP contribution in [-0.2, 0) is 9.59 Å². The number of carbonyl (C=O) groups is 2. The molecule has 2 N–H and O–H groups in total. The molecular formula is C16H17NO4. The molecule has 0 saturated heterocycles. The van der Waals surface area contributed by atoms with Gasteiger partial charge in [0.25, 0.3) is 0 Å². The molecule has 1 aromatic carbocycles. The number of hydrogen-bond donors (Lipinski definition) is 2. The number of amides is 1. The third-order valence-electron chi connectivity index (χ3n) is 4.38. The summed E-state index contributed by atoms with van der Waals surface area (Å²) in [5.41, 5.74) is 0.621. The summed E-state index contributed by atoms with van der Waals surface area (Å²) in [5, 5.41) is 12.2. The number of ether oxygens (including phenoxy) is 1. The first-order valence-corrected chi connectivity index (χ1v) is 6.96. The fourth-order valence-electron chi connectivity index (χ4n) is 3.44. The maximum atomic E-state index is 12.5. The zero-order valence-corrected chi connectivity index (χ0v) is 11.7. The van der Waals surface area contributed by atoms with Crippen LogP contribution in [0.25, 0.3) is 0 Å². The molecule has 3 rings (SSSR count). The molecule has 21 heavy (non-hydrogen) atoms. The quantitative estimate of drug-likeness (QED) is 0.832. The summed E-state index contributed by atoms with van der Waals surface area (Å²) < 4.78 is 5.11. The van der Waals surface area contributed by atoms with E-state index < -0.39 is 17.8 Å². The Bertz CT molecular complexity index is 610. The number of methoxy groups -OCH3 is 1. The molecule has 1 amide bonds. The van der Waals surface area contributed by atoms with E-state index in [4.69, 9.17) is 4.74 Å². The SMILES string of the molecule is COc1cccc(NC(=O)[C@@H]2[C@@H](C(=O)O)[C@H]3C=C[C@@H]2C3)c1. The average molecular weight is 287 g/mol. The van der Waals surface area contributed by atoms with Crippen LogP contribution in [0, 0.1) is 23.7 Å². The normalized spacial score (nSPS) is 29.4. The zero-order chi connectivity index (χ0) is 15.0. The highest BCUT2D eigenvalue weighted by atomic mass is 16.5. The highest BCUT2D eigenvalue weighted by molar-refractivity contribution is 5.96. The molecule has 1 fully saturated rings. The second kappa shape index (κ2) is 5.24. The summed E-state index contributed by atoms with van der Waals surface area (Å²) in [7, 11) is 1.56. The predicted molar refractivity (Wildman–Crippen MR) is 77.0 cm³/mol. The van der Waals surface area contributed by atoms with Crippen LogP contribution >= 0.6 is 0 Å². The monoisotopic (exact) mass is 287 g/mol. The van der Waals surface area contributed by atoms with Gasteiger partial charge in [-0.3, -0.25) is 9.59 Å². The Morgan fingerprint density at radius 1 is 1.24 bits per heavy atom. The lowest BCUT2D eigenvalue weighted by Crippen LogP contribution is -2.36. The van der Waals surface area contributed by atoms with Gasteiger partial charge in [-0.05, 0) is 30.4 Å². The number of carboxylic acid groups (broad SMARTS) is 1. The minimum atomic E-state index is -0.891. The Hall–Kier alpha value is -2.30. The second-order valence-electron chi connectivity index (χ2n) is 5.56. The first-order valence-electron chi connectivity index (χ1n) is 6.96. The zero-order valence-electron chi connectivity index (χ0n) is 11.7. The van der Waals surface area contributed by atoms with E-state index in [-0.39, 0.29) is 17.7 Å². The lowest BCUT2D eigenvalue weighted by molar-refractivity contribution is -0.146. The summed E-state index contributed by atoms with van der Waals surface area (Å²) in [5.74, 6) is -1.58. The van der Waals surface area contributed by atoms with Gasteiger partial charge in [-0.2, -0.15) is 0 Å². The lowest BCUT2D eigenvalue weighted by atomic mass is 9.82. The van der Waals surface area contributed by atoms with Crippen molar-refractivity contribution in [2.24, 2.45) is 23.7 Å². The van der Waals surface area contributed by atoms with Crippen molar-refractivity contribution in [1.82, 2.24) is 0 Å². The molecule has 5 heteroatoms. The molecule has 0 radical (unpaired) electrons. The highest BCUT2D eigenvalue weighted by Crippen LogP contribution is 2.48. The molecule has 5 nitrogen and oxygen atoms in total. The number of benzene rings is 1. The summed E-state index contributed by atoms with van der Waals surface area (Å²) in [4.78, 5) is 23.9. The van der Waals surface area contributed by atoms with Crippen molar-refractivity contribution in [2.75, 3.05) is 12.4 Å². The van der Waals surface area contributed by atoms with Crippen molar-refractivity contribution >= 4 is 17.6 Å². The number of hydrogen-bond acceptors (Lipinski definition) is 3. The third-order valence-corrected chi connectivity index (χ3v) is 4.38. The van der Waals surface area contributed by atoms with Crippen molar-refractivity contribution < 1.29 is 19.4 Å². The van der Waals surface area contributed by atoms with Crippen LogP contribution in [0.4, 0.5) is 5.69 Å². The number of nitrogens with one attached hydrogen (secondary N) is 1. The Balaban J connectivity index is 1.78.